The van der Waals surface area contributed by atoms with Crippen LogP contribution in [-0.4, -0.2) is 16.9 Å². The summed E-state index contributed by atoms with van der Waals surface area (Å²) in [6.07, 6.45) is 3.74. The van der Waals surface area contributed by atoms with Crippen LogP contribution in [0.25, 0.3) is 11.6 Å². The predicted octanol–water partition coefficient (Wildman–Crippen LogP) is 6.32. The van der Waals surface area contributed by atoms with Gasteiger partial charge in [0.15, 0.2) is 0 Å². The molecular weight excluding hydrogens is 358 g/mol. The first kappa shape index (κ1) is 19.2. The highest BCUT2D eigenvalue weighted by Crippen LogP contribution is 2.34. The van der Waals surface area contributed by atoms with Crippen LogP contribution in [-0.2, 0) is 12.8 Å². The molecule has 0 atom stereocenters. The van der Waals surface area contributed by atoms with Gasteiger partial charge in [-0.25, -0.2) is 4.99 Å². The molecule has 2 aromatic heterocycles. The number of aliphatic imine (C=N–C) groups is 1. The Bertz CT molecular complexity index is 991. The fraction of sp³-hybridized carbons (Fsp3) is 0.273. The predicted molar refractivity (Wildman–Crippen MR) is 113 cm³/mol. The lowest BCUT2D eigenvalue weighted by Crippen LogP contribution is -1.95. The molecular formula is C22H24ClN3O. The Hall–Kier alpha value is -2.59. The van der Waals surface area contributed by atoms with E-state index in [9.17, 15) is 0 Å². The van der Waals surface area contributed by atoms with Crippen molar-refractivity contribution in [2.24, 2.45) is 4.99 Å². The molecule has 0 unspecified atom stereocenters. The van der Waals surface area contributed by atoms with Gasteiger partial charge in [0.25, 0.3) is 0 Å². The van der Waals surface area contributed by atoms with E-state index in [1.54, 1.807) is 0 Å². The summed E-state index contributed by atoms with van der Waals surface area (Å²) in [5, 5.41) is 4.84. The number of hydrogen-bond donors (Lipinski definition) is 1. The molecule has 0 saturated carbocycles. The maximum Gasteiger partial charge on any atom is 0.141 e. The lowest BCUT2D eigenvalue weighted by molar-refractivity contribution is 0.393. The molecule has 0 fully saturated rings. The highest BCUT2D eigenvalue weighted by molar-refractivity contribution is 6.31. The number of rotatable bonds is 6. The van der Waals surface area contributed by atoms with Crippen molar-refractivity contribution in [2.45, 2.75) is 40.5 Å². The van der Waals surface area contributed by atoms with Gasteiger partial charge in [-0.3, -0.25) is 0 Å². The number of hydrogen-bond acceptors (Lipinski definition) is 3. The second-order valence-corrected chi connectivity index (χ2v) is 7.06. The summed E-state index contributed by atoms with van der Waals surface area (Å²) in [7, 11) is 0. The largest absolute Gasteiger partial charge is 0.361 e. The van der Waals surface area contributed by atoms with Crippen LogP contribution in [0, 0.1) is 13.8 Å². The molecule has 0 radical (unpaired) electrons. The van der Waals surface area contributed by atoms with Gasteiger partial charge < -0.3 is 9.51 Å². The minimum absolute atomic E-state index is 0.732. The van der Waals surface area contributed by atoms with Crippen LogP contribution in [0.15, 0.2) is 33.8 Å². The van der Waals surface area contributed by atoms with E-state index in [2.05, 4.69) is 47.8 Å². The summed E-state index contributed by atoms with van der Waals surface area (Å²) in [5.74, 6) is 1.59. The van der Waals surface area contributed by atoms with Crippen LogP contribution in [0.4, 0.5) is 5.82 Å². The third-order valence-corrected chi connectivity index (χ3v) is 5.21. The van der Waals surface area contributed by atoms with Crippen LogP contribution in [0.5, 0.6) is 0 Å². The zero-order valence-corrected chi connectivity index (χ0v) is 16.9. The van der Waals surface area contributed by atoms with E-state index in [1.807, 2.05) is 32.0 Å². The molecule has 3 rings (SSSR count). The van der Waals surface area contributed by atoms with E-state index in [0.717, 1.165) is 63.1 Å². The van der Waals surface area contributed by atoms with E-state index in [1.165, 1.54) is 5.56 Å². The van der Waals surface area contributed by atoms with E-state index in [4.69, 9.17) is 16.1 Å². The third-order valence-electron chi connectivity index (χ3n) is 4.84. The van der Waals surface area contributed by atoms with Crippen molar-refractivity contribution in [3.05, 3.63) is 68.7 Å². The Morgan fingerprint density at radius 3 is 2.67 bits per heavy atom. The van der Waals surface area contributed by atoms with Crippen molar-refractivity contribution in [1.29, 1.82) is 0 Å². The number of benzene rings is 1. The summed E-state index contributed by atoms with van der Waals surface area (Å²) in [6.45, 7) is 11.8. The van der Waals surface area contributed by atoms with Gasteiger partial charge in [0.05, 0.1) is 5.69 Å². The molecule has 5 heteroatoms. The number of nitrogens with one attached hydrogen (secondary N) is 1. The van der Waals surface area contributed by atoms with E-state index < -0.39 is 0 Å². The fourth-order valence-electron chi connectivity index (χ4n) is 3.54. The Labute approximate surface area is 165 Å². The molecule has 0 amide bonds. The van der Waals surface area contributed by atoms with E-state index in [0.29, 0.717) is 0 Å². The van der Waals surface area contributed by atoms with Gasteiger partial charge in [-0.1, -0.05) is 41.9 Å². The van der Waals surface area contributed by atoms with Gasteiger partial charge in [-0.15, -0.1) is 0 Å². The molecule has 3 aromatic rings. The molecule has 27 heavy (non-hydrogen) atoms. The average Bonchev–Trinajstić information content (AvgIpc) is 3.16. The molecule has 140 valence electrons. The molecule has 0 aliphatic carbocycles. The fourth-order valence-corrected chi connectivity index (χ4v) is 3.74. The quantitative estimate of drug-likeness (QED) is 0.508. The van der Waals surface area contributed by atoms with Crippen LogP contribution in [0.2, 0.25) is 5.02 Å². The van der Waals surface area contributed by atoms with Gasteiger partial charge in [-0.05, 0) is 62.8 Å². The zero-order chi connectivity index (χ0) is 19.6. The molecule has 0 aliphatic rings. The number of H-pyrrole nitrogens is 1. The lowest BCUT2D eigenvalue weighted by atomic mass is 9.96. The lowest BCUT2D eigenvalue weighted by Gasteiger charge is -2.08. The van der Waals surface area contributed by atoms with Crippen molar-refractivity contribution < 1.29 is 4.52 Å². The second-order valence-electron chi connectivity index (χ2n) is 6.65. The summed E-state index contributed by atoms with van der Waals surface area (Å²) in [6, 6.07) is 7.94. The first-order valence-corrected chi connectivity index (χ1v) is 9.39. The molecule has 0 bridgehead atoms. The first-order valence-electron chi connectivity index (χ1n) is 9.01. The van der Waals surface area contributed by atoms with Gasteiger partial charge in [0, 0.05) is 28.3 Å². The van der Waals surface area contributed by atoms with E-state index >= 15 is 0 Å². The smallest absolute Gasteiger partial charge is 0.141 e. The molecule has 0 aliphatic heterocycles. The van der Waals surface area contributed by atoms with Gasteiger partial charge in [0.1, 0.15) is 11.6 Å². The Morgan fingerprint density at radius 1 is 1.33 bits per heavy atom. The Morgan fingerprint density at radius 2 is 2.07 bits per heavy atom. The molecule has 0 spiro atoms. The normalized spacial score (nSPS) is 11.8. The first-order chi connectivity index (χ1) is 13.0. The maximum absolute atomic E-state index is 6.41. The van der Waals surface area contributed by atoms with Gasteiger partial charge in [-0.2, -0.15) is 0 Å². The number of aryl methyl sites for hydroxylation is 3. The summed E-state index contributed by atoms with van der Waals surface area (Å²) in [5.41, 5.74) is 7.47. The highest BCUT2D eigenvalue weighted by atomic mass is 35.5. The summed E-state index contributed by atoms with van der Waals surface area (Å²) in [4.78, 5) is 7.63. The van der Waals surface area contributed by atoms with Crippen molar-refractivity contribution in [2.75, 3.05) is 0 Å². The van der Waals surface area contributed by atoms with Crippen molar-refractivity contribution in [1.82, 2.24) is 10.1 Å². The van der Waals surface area contributed by atoms with E-state index in [-0.39, 0.29) is 0 Å². The topological polar surface area (TPSA) is 54.2 Å². The van der Waals surface area contributed by atoms with Crippen molar-refractivity contribution >= 4 is 35.8 Å². The SMILES string of the molecule is C=Nc1[nH]c(CC)c(Cc2ccccc2Cl)c1/C=C(\C)c1c(C)noc1C. The molecule has 0 saturated heterocycles. The number of aromatic nitrogens is 2. The second kappa shape index (κ2) is 7.97. The van der Waals surface area contributed by atoms with Crippen LogP contribution in [0.3, 0.4) is 0 Å². The minimum atomic E-state index is 0.732. The van der Waals surface area contributed by atoms with Crippen LogP contribution < -0.4 is 0 Å². The van der Waals surface area contributed by atoms with Gasteiger partial charge in [0.2, 0.25) is 0 Å². The van der Waals surface area contributed by atoms with Gasteiger partial charge >= 0.3 is 0 Å². The monoisotopic (exact) mass is 381 g/mol. The number of aromatic amines is 1. The Kier molecular flexibility index (Phi) is 5.66. The molecule has 1 N–H and O–H groups in total. The van der Waals surface area contributed by atoms with Crippen LogP contribution >= 0.6 is 11.6 Å². The maximum atomic E-state index is 6.41. The number of nitrogens with zero attached hydrogens (tertiary/aromatic N) is 2. The number of halogens is 1. The number of allylic oxidation sites excluding steroid dienone is 1. The highest BCUT2D eigenvalue weighted by Gasteiger charge is 2.18. The summed E-state index contributed by atoms with van der Waals surface area (Å²) < 4.78 is 5.33. The standard InChI is InChI=1S/C22H24ClN3O/c1-6-20-17(12-16-9-7-8-10-19(16)23)18(22(24-5)25-20)11-13(2)21-14(3)26-27-15(21)4/h7-11,25H,5-6,12H2,1-4H3/b13-11+. The minimum Gasteiger partial charge on any atom is -0.361 e. The van der Waals surface area contributed by atoms with Crippen LogP contribution in [0.1, 0.15) is 53.2 Å². The molecule has 2 heterocycles. The third kappa shape index (κ3) is 3.76. The Balaban J connectivity index is 2.14. The average molecular weight is 382 g/mol. The van der Waals surface area contributed by atoms with Crippen molar-refractivity contribution in [3.8, 4) is 0 Å². The summed E-state index contributed by atoms with van der Waals surface area (Å²) >= 11 is 6.41. The molecule has 4 nitrogen and oxygen atoms in total. The zero-order valence-electron chi connectivity index (χ0n) is 16.2. The van der Waals surface area contributed by atoms with Crippen molar-refractivity contribution in [3.63, 3.8) is 0 Å². The molecule has 1 aromatic carbocycles.